The molecule has 22 heavy (non-hydrogen) atoms. The first-order valence-electron chi connectivity index (χ1n) is 8.43. The average molecular weight is 318 g/mol. The Hall–Kier alpha value is -0.240. The molecule has 0 bridgehead atoms. The van der Waals surface area contributed by atoms with Crippen LogP contribution >= 0.6 is 0 Å². The highest BCUT2D eigenvalue weighted by Gasteiger charge is 2.25. The van der Waals surface area contributed by atoms with Crippen LogP contribution < -0.4 is 0 Å². The number of aliphatic hydroxyl groups excluding tert-OH is 2. The molecular weight excluding hydrogens is 286 g/mol. The van der Waals surface area contributed by atoms with Gasteiger partial charge in [-0.3, -0.25) is 5.23 Å². The van der Waals surface area contributed by atoms with Crippen LogP contribution in [0.25, 0.3) is 0 Å². The predicted octanol–water partition coefficient (Wildman–Crippen LogP) is 2.29. The van der Waals surface area contributed by atoms with E-state index >= 15 is 0 Å². The average Bonchev–Trinajstić information content (AvgIpc) is 2.89. The number of hydroxylamine groups is 2. The lowest BCUT2D eigenvalue weighted by atomic mass is 9.89. The van der Waals surface area contributed by atoms with Gasteiger partial charge in [-0.1, -0.05) is 20.3 Å². The second kappa shape index (κ2) is 10.5. The van der Waals surface area contributed by atoms with Crippen molar-refractivity contribution in [1.82, 2.24) is 5.23 Å². The summed E-state index contributed by atoms with van der Waals surface area (Å²) in [5.74, 6) is 2.17. The van der Waals surface area contributed by atoms with E-state index in [0.29, 0.717) is 17.8 Å². The van der Waals surface area contributed by atoms with E-state index in [9.17, 15) is 10.3 Å². The van der Waals surface area contributed by atoms with Crippen LogP contribution in [0, 0.1) is 23.0 Å². The first-order chi connectivity index (χ1) is 10.4. The van der Waals surface area contributed by atoms with Gasteiger partial charge in [0.25, 0.3) is 0 Å². The molecule has 0 aliphatic heterocycles. The fourth-order valence-electron chi connectivity index (χ4n) is 2.96. The number of hydrogen-bond donors (Lipinski definition) is 2. The van der Waals surface area contributed by atoms with Crippen LogP contribution in [0.3, 0.4) is 0 Å². The van der Waals surface area contributed by atoms with E-state index in [1.165, 1.54) is 19.3 Å². The first-order valence-corrected chi connectivity index (χ1v) is 8.43. The summed E-state index contributed by atoms with van der Waals surface area (Å²) in [6, 6.07) is 0. The topological polar surface area (TPSA) is 85.2 Å². The highest BCUT2D eigenvalue weighted by atomic mass is 16.9. The van der Waals surface area contributed by atoms with Gasteiger partial charge in [0.2, 0.25) is 0 Å². The van der Waals surface area contributed by atoms with Gasteiger partial charge in [0.15, 0.2) is 6.29 Å². The number of rotatable bonds is 11. The smallest absolute Gasteiger partial charge is 0.155 e. The van der Waals surface area contributed by atoms with Gasteiger partial charge in [-0.15, -0.1) is 0 Å². The Morgan fingerprint density at radius 3 is 2.55 bits per heavy atom. The number of nitrogens with zero attached hydrogens (tertiary/aromatic N) is 1. The van der Waals surface area contributed by atoms with Gasteiger partial charge < -0.3 is 25.0 Å². The molecule has 0 heterocycles. The van der Waals surface area contributed by atoms with Crippen LogP contribution in [-0.4, -0.2) is 47.6 Å². The second-order valence-electron chi connectivity index (χ2n) is 6.76. The van der Waals surface area contributed by atoms with E-state index in [1.54, 1.807) is 6.92 Å². The molecule has 1 aliphatic rings. The maximum Gasteiger partial charge on any atom is 0.155 e. The van der Waals surface area contributed by atoms with Crippen molar-refractivity contribution in [2.75, 3.05) is 19.8 Å². The largest absolute Gasteiger partial charge is 0.762 e. The van der Waals surface area contributed by atoms with Gasteiger partial charge in [-0.25, -0.2) is 0 Å². The molecule has 2 unspecified atom stereocenters. The summed E-state index contributed by atoms with van der Waals surface area (Å²) in [4.78, 5) is 5.14. The van der Waals surface area contributed by atoms with Crippen molar-refractivity contribution in [3.63, 3.8) is 0 Å². The highest BCUT2D eigenvalue weighted by molar-refractivity contribution is 4.76. The molecule has 0 aromatic carbocycles. The van der Waals surface area contributed by atoms with Crippen molar-refractivity contribution in [2.24, 2.45) is 17.8 Å². The Morgan fingerprint density at radius 1 is 1.23 bits per heavy atom. The summed E-state index contributed by atoms with van der Waals surface area (Å²) in [5, 5.41) is 30.5. The molecule has 0 radical (unpaired) electrons. The molecule has 0 aromatic rings. The lowest BCUT2D eigenvalue weighted by molar-refractivity contribution is -0.158. The minimum absolute atomic E-state index is 0.0514. The molecule has 1 fully saturated rings. The maximum atomic E-state index is 11.5. The summed E-state index contributed by atoms with van der Waals surface area (Å²) in [5.41, 5.74) is 0. The maximum absolute atomic E-state index is 11.5. The van der Waals surface area contributed by atoms with E-state index in [0.717, 1.165) is 18.3 Å². The zero-order chi connectivity index (χ0) is 16.5. The molecule has 132 valence electrons. The van der Waals surface area contributed by atoms with Crippen LogP contribution in [0.1, 0.15) is 52.9 Å². The van der Waals surface area contributed by atoms with E-state index in [4.69, 9.17) is 14.7 Å². The van der Waals surface area contributed by atoms with E-state index in [1.807, 2.05) is 0 Å². The molecule has 0 aromatic heterocycles. The van der Waals surface area contributed by atoms with Gasteiger partial charge in [0, 0.05) is 13.0 Å². The Bertz CT molecular complexity index is 290. The first kappa shape index (κ1) is 19.8. The molecule has 1 aliphatic carbocycles. The van der Waals surface area contributed by atoms with Gasteiger partial charge in [0.05, 0.1) is 19.3 Å². The van der Waals surface area contributed by atoms with Crippen molar-refractivity contribution in [3.8, 4) is 0 Å². The monoisotopic (exact) mass is 318 g/mol. The third-order valence-corrected chi connectivity index (χ3v) is 4.44. The Labute approximate surface area is 133 Å². The molecule has 6 nitrogen and oxygen atoms in total. The lowest BCUT2D eigenvalue weighted by Crippen LogP contribution is -2.26. The molecule has 0 spiro atoms. The summed E-state index contributed by atoms with van der Waals surface area (Å²) in [7, 11) is 0. The van der Waals surface area contributed by atoms with Crippen LogP contribution in [0.2, 0.25) is 0 Å². The molecule has 6 heteroatoms. The number of aliphatic hydroxyl groups is 2. The molecule has 2 N–H and O–H groups in total. The van der Waals surface area contributed by atoms with Crippen molar-refractivity contribution in [2.45, 2.75) is 65.3 Å². The third kappa shape index (κ3) is 8.41. The summed E-state index contributed by atoms with van der Waals surface area (Å²) in [6.45, 7) is 6.62. The zero-order valence-electron chi connectivity index (χ0n) is 14.1. The Balaban J connectivity index is 2.04. The minimum Gasteiger partial charge on any atom is -0.762 e. The number of hydrogen-bond acceptors (Lipinski definition) is 6. The van der Waals surface area contributed by atoms with Gasteiger partial charge >= 0.3 is 0 Å². The summed E-state index contributed by atoms with van der Waals surface area (Å²) < 4.78 is 4.96. The van der Waals surface area contributed by atoms with E-state index < -0.39 is 12.4 Å². The zero-order valence-corrected chi connectivity index (χ0v) is 14.1. The molecule has 0 saturated heterocycles. The minimum atomic E-state index is -1.05. The normalized spacial score (nSPS) is 26.3. The van der Waals surface area contributed by atoms with Crippen molar-refractivity contribution in [1.29, 1.82) is 0 Å². The SMILES string of the molecule is CC(CCON([O-])CC[C@H](O)OC[C@@H](C)O)C1CC[C@H](C)C1. The van der Waals surface area contributed by atoms with Crippen molar-refractivity contribution in [3.05, 3.63) is 5.21 Å². The second-order valence-corrected chi connectivity index (χ2v) is 6.76. The quantitative estimate of drug-likeness (QED) is 0.449. The molecular formula is C16H32NO5-. The van der Waals surface area contributed by atoms with E-state index in [-0.39, 0.29) is 19.6 Å². The fraction of sp³-hybridized carbons (Fsp3) is 1.00. The predicted molar refractivity (Wildman–Crippen MR) is 84.6 cm³/mol. The van der Waals surface area contributed by atoms with Crippen LogP contribution in [0.5, 0.6) is 0 Å². The van der Waals surface area contributed by atoms with Crippen LogP contribution in [0.15, 0.2) is 0 Å². The third-order valence-electron chi connectivity index (χ3n) is 4.44. The Kier molecular flexibility index (Phi) is 9.47. The summed E-state index contributed by atoms with van der Waals surface area (Å²) in [6.07, 6.45) is 3.25. The van der Waals surface area contributed by atoms with Gasteiger partial charge in [-0.05, 0) is 43.9 Å². The van der Waals surface area contributed by atoms with Gasteiger partial charge in [0.1, 0.15) is 0 Å². The molecule has 1 rings (SSSR count). The number of ether oxygens (including phenoxy) is 1. The summed E-state index contributed by atoms with van der Waals surface area (Å²) >= 11 is 0. The standard InChI is InChI=1S/C16H32NO5/c1-12-4-5-15(10-12)13(2)7-9-22-17(20)8-6-16(19)21-11-14(3)18/h12-16,18-19H,4-11H2,1-3H3/q-1/t12-,13?,14+,15?,16+/m0/s1. The van der Waals surface area contributed by atoms with Crippen LogP contribution in [0.4, 0.5) is 0 Å². The lowest BCUT2D eigenvalue weighted by Gasteiger charge is -2.29. The van der Waals surface area contributed by atoms with Crippen molar-refractivity contribution < 1.29 is 19.8 Å². The van der Waals surface area contributed by atoms with Crippen LogP contribution in [-0.2, 0) is 9.57 Å². The molecule has 1 saturated carbocycles. The van der Waals surface area contributed by atoms with E-state index in [2.05, 4.69) is 13.8 Å². The highest BCUT2D eigenvalue weighted by Crippen LogP contribution is 2.36. The molecule has 5 atom stereocenters. The van der Waals surface area contributed by atoms with Crippen molar-refractivity contribution >= 4 is 0 Å². The molecule has 0 amide bonds. The van der Waals surface area contributed by atoms with Gasteiger partial charge in [-0.2, -0.15) is 0 Å². The Morgan fingerprint density at radius 2 is 1.95 bits per heavy atom. The fourth-order valence-corrected chi connectivity index (χ4v) is 2.96.